The smallest absolute Gasteiger partial charge is 0.313 e. The lowest BCUT2D eigenvalue weighted by Crippen LogP contribution is -2.32. The zero-order chi connectivity index (χ0) is 21.6. The number of nitrogens with zero attached hydrogens (tertiary/aromatic N) is 2. The summed E-state index contributed by atoms with van der Waals surface area (Å²) < 4.78 is 10.9. The Kier molecular flexibility index (Phi) is 7.10. The van der Waals surface area contributed by atoms with E-state index in [0.717, 1.165) is 49.2 Å². The van der Waals surface area contributed by atoms with Crippen molar-refractivity contribution in [2.75, 3.05) is 13.2 Å². The van der Waals surface area contributed by atoms with E-state index in [1.54, 1.807) is 19.3 Å². The first-order chi connectivity index (χ1) is 14.5. The fourth-order valence-electron chi connectivity index (χ4n) is 4.03. The Bertz CT molecular complexity index is 951. The normalized spacial score (nSPS) is 14.1. The van der Waals surface area contributed by atoms with Crippen molar-refractivity contribution in [2.24, 2.45) is 0 Å². The third kappa shape index (κ3) is 4.64. The summed E-state index contributed by atoms with van der Waals surface area (Å²) in [5.41, 5.74) is 4.37. The van der Waals surface area contributed by atoms with E-state index in [2.05, 4.69) is 54.7 Å². The van der Waals surface area contributed by atoms with E-state index in [0.29, 0.717) is 12.4 Å². The van der Waals surface area contributed by atoms with Crippen LogP contribution in [0.15, 0.2) is 24.5 Å². The van der Waals surface area contributed by atoms with Crippen molar-refractivity contribution in [1.29, 1.82) is 0 Å². The second-order valence-corrected chi connectivity index (χ2v) is 7.56. The van der Waals surface area contributed by atoms with Gasteiger partial charge in [0.15, 0.2) is 0 Å². The molecule has 5 nitrogen and oxygen atoms in total. The Labute approximate surface area is 179 Å². The number of hydrogen-bond donors (Lipinski definition) is 0. The Hall–Kier alpha value is -2.87. The molecule has 1 aliphatic rings. The van der Waals surface area contributed by atoms with Crippen LogP contribution in [0.3, 0.4) is 0 Å². The quantitative estimate of drug-likeness (QED) is 0.526. The number of carbonyl (C=O) groups is 1. The summed E-state index contributed by atoms with van der Waals surface area (Å²) in [6.45, 7) is 9.55. The van der Waals surface area contributed by atoms with Gasteiger partial charge in [-0.2, -0.15) is 0 Å². The molecule has 0 saturated heterocycles. The highest BCUT2D eigenvalue weighted by Crippen LogP contribution is 2.44. The number of hydrogen-bond acceptors (Lipinski definition) is 5. The second-order valence-electron chi connectivity index (χ2n) is 7.56. The van der Waals surface area contributed by atoms with E-state index in [9.17, 15) is 4.79 Å². The number of esters is 1. The summed E-state index contributed by atoms with van der Waals surface area (Å²) in [6.07, 6.45) is 7.50. The highest BCUT2D eigenvalue weighted by atomic mass is 16.5. The first kappa shape index (κ1) is 21.8. The van der Waals surface area contributed by atoms with Crippen LogP contribution in [0.25, 0.3) is 0 Å². The molecule has 1 aliphatic heterocycles. The van der Waals surface area contributed by atoms with Gasteiger partial charge in [0.1, 0.15) is 18.0 Å². The minimum absolute atomic E-state index is 0.0719. The SMILES string of the molecule is CCOC(=O)Cc1ncc(C#Cc2cc3c(cc2CC)OCCC3(CC)CC)cn1. The van der Waals surface area contributed by atoms with E-state index in [-0.39, 0.29) is 17.8 Å². The fourth-order valence-corrected chi connectivity index (χ4v) is 4.03. The van der Waals surface area contributed by atoms with Gasteiger partial charge in [0.2, 0.25) is 0 Å². The molecule has 158 valence electrons. The van der Waals surface area contributed by atoms with E-state index in [4.69, 9.17) is 9.47 Å². The van der Waals surface area contributed by atoms with Crippen molar-refractivity contribution < 1.29 is 14.3 Å². The Morgan fingerprint density at radius 2 is 1.87 bits per heavy atom. The summed E-state index contributed by atoms with van der Waals surface area (Å²) in [5, 5.41) is 0. The van der Waals surface area contributed by atoms with Gasteiger partial charge in [0.05, 0.1) is 18.8 Å². The molecule has 2 aromatic rings. The third-order valence-corrected chi connectivity index (χ3v) is 6.00. The van der Waals surface area contributed by atoms with Crippen LogP contribution in [-0.2, 0) is 27.8 Å². The third-order valence-electron chi connectivity index (χ3n) is 6.00. The average molecular weight is 407 g/mol. The highest BCUT2D eigenvalue weighted by Gasteiger charge is 2.35. The zero-order valence-electron chi connectivity index (χ0n) is 18.4. The highest BCUT2D eigenvalue weighted by molar-refractivity contribution is 5.71. The van der Waals surface area contributed by atoms with Crippen LogP contribution in [0, 0.1) is 11.8 Å². The van der Waals surface area contributed by atoms with Crippen molar-refractivity contribution in [1.82, 2.24) is 9.97 Å². The molecule has 0 saturated carbocycles. The van der Waals surface area contributed by atoms with Crippen LogP contribution in [0.2, 0.25) is 0 Å². The molecule has 1 aromatic carbocycles. The van der Waals surface area contributed by atoms with Crippen LogP contribution in [0.1, 0.15) is 75.0 Å². The van der Waals surface area contributed by atoms with Gasteiger partial charge in [-0.15, -0.1) is 0 Å². The van der Waals surface area contributed by atoms with E-state index >= 15 is 0 Å². The lowest BCUT2D eigenvalue weighted by molar-refractivity contribution is -0.142. The molecule has 1 aromatic heterocycles. The minimum Gasteiger partial charge on any atom is -0.493 e. The second kappa shape index (κ2) is 9.75. The van der Waals surface area contributed by atoms with Crippen molar-refractivity contribution in [3.8, 4) is 17.6 Å². The van der Waals surface area contributed by atoms with Gasteiger partial charge in [-0.1, -0.05) is 32.6 Å². The van der Waals surface area contributed by atoms with Gasteiger partial charge in [-0.05, 0) is 50.3 Å². The average Bonchev–Trinajstić information content (AvgIpc) is 2.77. The standard InChI is InChI=1S/C25H30N2O3/c1-5-19-14-22-21(25(6-2,7-3)11-12-30-22)13-20(19)10-9-18-16-26-23(27-17-18)15-24(28)29-8-4/h13-14,16-17H,5-8,11-12,15H2,1-4H3. The number of aromatic nitrogens is 2. The summed E-state index contributed by atoms with van der Waals surface area (Å²) in [4.78, 5) is 20.0. The summed E-state index contributed by atoms with van der Waals surface area (Å²) in [5.74, 6) is 7.63. The maximum absolute atomic E-state index is 11.6. The van der Waals surface area contributed by atoms with Crippen molar-refractivity contribution in [2.45, 2.75) is 65.2 Å². The Balaban J connectivity index is 1.89. The van der Waals surface area contributed by atoms with Crippen LogP contribution in [-0.4, -0.2) is 29.2 Å². The summed E-state index contributed by atoms with van der Waals surface area (Å²) in [7, 11) is 0. The van der Waals surface area contributed by atoms with Gasteiger partial charge in [0, 0.05) is 28.9 Å². The number of ether oxygens (including phenoxy) is 2. The van der Waals surface area contributed by atoms with Gasteiger partial charge in [0.25, 0.3) is 0 Å². The molecule has 0 spiro atoms. The summed E-state index contributed by atoms with van der Waals surface area (Å²) >= 11 is 0. The van der Waals surface area contributed by atoms with Crippen molar-refractivity contribution in [3.63, 3.8) is 0 Å². The molecular formula is C25H30N2O3. The van der Waals surface area contributed by atoms with Gasteiger partial charge >= 0.3 is 5.97 Å². The molecule has 2 heterocycles. The monoisotopic (exact) mass is 406 g/mol. The van der Waals surface area contributed by atoms with Gasteiger partial charge in [-0.3, -0.25) is 4.79 Å². The zero-order valence-corrected chi connectivity index (χ0v) is 18.4. The molecule has 0 unspecified atom stereocenters. The fraction of sp³-hybridized carbons (Fsp3) is 0.480. The molecule has 0 amide bonds. The largest absolute Gasteiger partial charge is 0.493 e. The lowest BCUT2D eigenvalue weighted by atomic mass is 9.71. The van der Waals surface area contributed by atoms with Crippen LogP contribution in [0.4, 0.5) is 0 Å². The predicted octanol–water partition coefficient (Wildman–Crippen LogP) is 4.38. The molecule has 0 N–H and O–H groups in total. The molecule has 0 atom stereocenters. The number of aryl methyl sites for hydroxylation is 1. The van der Waals surface area contributed by atoms with E-state index in [1.165, 1.54) is 11.1 Å². The molecule has 30 heavy (non-hydrogen) atoms. The number of carbonyl (C=O) groups excluding carboxylic acids is 1. The maximum atomic E-state index is 11.6. The predicted molar refractivity (Wildman–Crippen MR) is 117 cm³/mol. The van der Waals surface area contributed by atoms with Crippen LogP contribution >= 0.6 is 0 Å². The van der Waals surface area contributed by atoms with Crippen molar-refractivity contribution >= 4 is 5.97 Å². The van der Waals surface area contributed by atoms with Gasteiger partial charge in [-0.25, -0.2) is 9.97 Å². The Morgan fingerprint density at radius 3 is 2.50 bits per heavy atom. The number of fused-ring (bicyclic) bond motifs is 1. The maximum Gasteiger partial charge on any atom is 0.313 e. The lowest BCUT2D eigenvalue weighted by Gasteiger charge is -2.38. The number of benzene rings is 1. The van der Waals surface area contributed by atoms with E-state index in [1.807, 2.05) is 0 Å². The Morgan fingerprint density at radius 1 is 1.13 bits per heavy atom. The van der Waals surface area contributed by atoms with E-state index < -0.39 is 0 Å². The number of rotatable bonds is 6. The molecular weight excluding hydrogens is 376 g/mol. The summed E-state index contributed by atoms with van der Waals surface area (Å²) in [6, 6.07) is 4.39. The molecule has 0 bridgehead atoms. The molecule has 0 fully saturated rings. The first-order valence-corrected chi connectivity index (χ1v) is 10.8. The van der Waals surface area contributed by atoms with Crippen LogP contribution in [0.5, 0.6) is 5.75 Å². The molecule has 0 radical (unpaired) electrons. The molecule has 0 aliphatic carbocycles. The topological polar surface area (TPSA) is 61.3 Å². The minimum atomic E-state index is -0.324. The molecule has 5 heteroatoms. The first-order valence-electron chi connectivity index (χ1n) is 10.8. The van der Waals surface area contributed by atoms with Gasteiger partial charge < -0.3 is 9.47 Å². The van der Waals surface area contributed by atoms with Crippen LogP contribution < -0.4 is 4.74 Å². The molecule has 3 rings (SSSR count). The van der Waals surface area contributed by atoms with Crippen molar-refractivity contribution in [3.05, 3.63) is 52.6 Å².